The molecule has 0 bridgehead atoms. The van der Waals surface area contributed by atoms with Gasteiger partial charge in [0.2, 0.25) is 0 Å². The van der Waals surface area contributed by atoms with Crippen LogP contribution < -0.4 is 4.74 Å². The van der Waals surface area contributed by atoms with Gasteiger partial charge < -0.3 is 14.6 Å². The monoisotopic (exact) mass is 456 g/mol. The topological polar surface area (TPSA) is 72.8 Å². The third-order valence-electron chi connectivity index (χ3n) is 5.36. The van der Waals surface area contributed by atoms with Crippen LogP contribution in [0.5, 0.6) is 5.75 Å². The van der Waals surface area contributed by atoms with Crippen molar-refractivity contribution >= 4 is 11.8 Å². The van der Waals surface area contributed by atoms with Gasteiger partial charge in [-0.3, -0.25) is 4.79 Å². The van der Waals surface area contributed by atoms with Gasteiger partial charge in [0, 0.05) is 25.5 Å². The van der Waals surface area contributed by atoms with Gasteiger partial charge in [-0.2, -0.15) is 0 Å². The molecular formula is C29H28O5. The number of fused-ring (bicyclic) bond motifs is 1. The molecule has 5 nitrogen and oxygen atoms in total. The summed E-state index contributed by atoms with van der Waals surface area (Å²) in [5.41, 5.74) is 5.20. The molecule has 4 rings (SSSR count). The molecule has 0 fully saturated rings. The molecule has 0 saturated carbocycles. The van der Waals surface area contributed by atoms with E-state index in [9.17, 15) is 9.59 Å². The first-order valence-corrected chi connectivity index (χ1v) is 11.1. The Bertz CT molecular complexity index is 1150. The van der Waals surface area contributed by atoms with E-state index >= 15 is 0 Å². The number of para-hydroxylation sites is 1. The van der Waals surface area contributed by atoms with Gasteiger partial charge in [-0.15, -0.1) is 0 Å². The van der Waals surface area contributed by atoms with Crippen molar-refractivity contribution in [1.82, 2.24) is 0 Å². The lowest BCUT2D eigenvalue weighted by molar-refractivity contribution is -0.148. The van der Waals surface area contributed by atoms with Crippen LogP contribution in [0.2, 0.25) is 0 Å². The Morgan fingerprint density at radius 3 is 2.12 bits per heavy atom. The van der Waals surface area contributed by atoms with E-state index in [0.717, 1.165) is 17.5 Å². The van der Waals surface area contributed by atoms with E-state index in [2.05, 4.69) is 36.1 Å². The van der Waals surface area contributed by atoms with Crippen LogP contribution >= 0.6 is 0 Å². The first kappa shape index (κ1) is 24.8. The number of rotatable bonds is 9. The maximum Gasteiger partial charge on any atom is 0.333 e. The minimum atomic E-state index is -0.973. The minimum Gasteiger partial charge on any atom is -0.493 e. The van der Waals surface area contributed by atoms with E-state index < -0.39 is 12.1 Å². The van der Waals surface area contributed by atoms with Crippen molar-refractivity contribution < 1.29 is 24.2 Å². The van der Waals surface area contributed by atoms with Crippen LogP contribution in [-0.4, -0.2) is 36.7 Å². The van der Waals surface area contributed by atoms with Gasteiger partial charge in [-0.05, 0) is 54.3 Å². The molecule has 0 spiro atoms. The highest BCUT2D eigenvalue weighted by molar-refractivity contribution is 5.96. The largest absolute Gasteiger partial charge is 0.493 e. The Morgan fingerprint density at radius 1 is 0.941 bits per heavy atom. The highest BCUT2D eigenvalue weighted by Crippen LogP contribution is 2.29. The number of Topliss-reactive ketones (excluding diaryl/α,β-unsaturated/α-hetero) is 1. The summed E-state index contributed by atoms with van der Waals surface area (Å²) in [6, 6.07) is 23.2. The quantitative estimate of drug-likeness (QED) is 0.207. The second-order valence-electron chi connectivity index (χ2n) is 7.85. The number of hydrogen-bond donors (Lipinski definition) is 1. The summed E-state index contributed by atoms with van der Waals surface area (Å²) < 4.78 is 10.6. The molecule has 0 unspecified atom stereocenters. The maximum atomic E-state index is 11.6. The van der Waals surface area contributed by atoms with Gasteiger partial charge in [0.05, 0.1) is 12.2 Å². The highest BCUT2D eigenvalue weighted by atomic mass is 16.5. The highest BCUT2D eigenvalue weighted by Gasteiger charge is 2.16. The molecule has 2 aromatic carbocycles. The molecule has 1 N–H and O–H groups in total. The van der Waals surface area contributed by atoms with Crippen LogP contribution in [0.15, 0.2) is 72.8 Å². The lowest BCUT2D eigenvalue weighted by Crippen LogP contribution is -2.24. The number of carboxylic acid groups (broad SMARTS) is 1. The number of unbranched alkanes of at least 4 members (excludes halogenated alkanes) is 1. The number of ether oxygens (including phenoxy) is 2. The van der Waals surface area contributed by atoms with Gasteiger partial charge >= 0.3 is 5.97 Å². The molecule has 0 aromatic heterocycles. The zero-order valence-corrected chi connectivity index (χ0v) is 19.4. The molecule has 0 aliphatic heterocycles. The predicted molar refractivity (Wildman–Crippen MR) is 132 cm³/mol. The van der Waals surface area contributed by atoms with Crippen LogP contribution in [-0.2, 0) is 16.0 Å². The zero-order valence-electron chi connectivity index (χ0n) is 19.4. The van der Waals surface area contributed by atoms with Crippen molar-refractivity contribution in [3.8, 4) is 28.7 Å². The molecule has 2 aromatic rings. The lowest BCUT2D eigenvalue weighted by atomic mass is 9.95. The maximum absolute atomic E-state index is 11.6. The zero-order chi connectivity index (χ0) is 24.3. The lowest BCUT2D eigenvalue weighted by Gasteiger charge is -2.10. The van der Waals surface area contributed by atoms with Crippen LogP contribution in [0.25, 0.3) is 11.1 Å². The number of methoxy groups -OCH3 is 1. The number of carbonyl (C=O) groups is 2. The van der Waals surface area contributed by atoms with E-state index in [1.165, 1.54) is 25.2 Å². The third kappa shape index (κ3) is 7.06. The van der Waals surface area contributed by atoms with Gasteiger partial charge in [-0.25, -0.2) is 4.79 Å². The normalized spacial score (nSPS) is 11.2. The third-order valence-corrected chi connectivity index (χ3v) is 5.36. The fraction of sp³-hybridized carbons (Fsp3) is 0.241. The standard InChI is InChI=1S/C23H24O5.C6H4/c1-17(24)20-9-5-6-10-21(20)28-15-7-3-4-8-18-11-13-19(14-12-18)16-22(27-2)23(25)26;1-2-6-4-3-5(1)6/h5-6,9-14,22H,3,7,15-16H2,1-2H3,(H,25,26);1-4H/t22-;/m0./s1. The molecule has 0 amide bonds. The smallest absolute Gasteiger partial charge is 0.333 e. The molecule has 2 aliphatic rings. The Morgan fingerprint density at radius 2 is 1.59 bits per heavy atom. The van der Waals surface area contributed by atoms with Crippen molar-refractivity contribution in [2.24, 2.45) is 0 Å². The van der Waals surface area contributed by atoms with Gasteiger partial charge in [0.15, 0.2) is 11.9 Å². The number of hydrogen-bond acceptors (Lipinski definition) is 4. The molecule has 0 heterocycles. The SMILES string of the molecule is CO[C@@H](Cc1ccc(C#CCCCOc2ccccc2C(C)=O)cc1)C(=O)O.c1cc2ccc1-2. The molecule has 0 saturated heterocycles. The van der Waals surface area contributed by atoms with Crippen molar-refractivity contribution in [3.63, 3.8) is 0 Å². The van der Waals surface area contributed by atoms with E-state index in [1.54, 1.807) is 12.1 Å². The Kier molecular flexibility index (Phi) is 9.02. The first-order chi connectivity index (χ1) is 16.5. The molecule has 174 valence electrons. The predicted octanol–water partition coefficient (Wildman–Crippen LogP) is 5.41. The number of carboxylic acids is 1. The minimum absolute atomic E-state index is 0.0148. The molecule has 0 radical (unpaired) electrons. The Balaban J connectivity index is 0.000000457. The van der Waals surface area contributed by atoms with E-state index in [0.29, 0.717) is 30.8 Å². The summed E-state index contributed by atoms with van der Waals surface area (Å²) in [7, 11) is 1.39. The second kappa shape index (κ2) is 12.4. The summed E-state index contributed by atoms with van der Waals surface area (Å²) >= 11 is 0. The summed E-state index contributed by atoms with van der Waals surface area (Å²) in [5, 5.41) is 9.02. The molecule has 34 heavy (non-hydrogen) atoms. The van der Waals surface area contributed by atoms with Crippen LogP contribution in [0, 0.1) is 11.8 Å². The summed E-state index contributed by atoms with van der Waals surface area (Å²) in [5.74, 6) is 5.80. The van der Waals surface area contributed by atoms with Gasteiger partial charge in [0.25, 0.3) is 0 Å². The van der Waals surface area contributed by atoms with Crippen LogP contribution in [0.3, 0.4) is 0 Å². The van der Waals surface area contributed by atoms with Gasteiger partial charge in [0.1, 0.15) is 5.75 Å². The fourth-order valence-electron chi connectivity index (χ4n) is 3.26. The molecule has 5 heteroatoms. The van der Waals surface area contributed by atoms with Crippen molar-refractivity contribution in [3.05, 3.63) is 89.5 Å². The van der Waals surface area contributed by atoms with E-state index in [-0.39, 0.29) is 5.78 Å². The molecule has 2 aliphatic carbocycles. The first-order valence-electron chi connectivity index (χ1n) is 11.1. The number of ketones is 1. The number of benzene rings is 3. The number of aliphatic carboxylic acids is 1. The average molecular weight is 457 g/mol. The van der Waals surface area contributed by atoms with Crippen LogP contribution in [0.4, 0.5) is 0 Å². The van der Waals surface area contributed by atoms with E-state index in [4.69, 9.17) is 14.6 Å². The Hall–Kier alpha value is -3.88. The molecular weight excluding hydrogens is 428 g/mol. The number of carbonyl (C=O) groups excluding carboxylic acids is 1. The van der Waals surface area contributed by atoms with Crippen molar-refractivity contribution in [1.29, 1.82) is 0 Å². The van der Waals surface area contributed by atoms with Crippen molar-refractivity contribution in [2.45, 2.75) is 32.3 Å². The average Bonchev–Trinajstić information content (AvgIpc) is 2.83. The second-order valence-corrected chi connectivity index (χ2v) is 7.85. The van der Waals surface area contributed by atoms with Gasteiger partial charge in [-0.1, -0.05) is 60.4 Å². The Labute approximate surface area is 200 Å². The van der Waals surface area contributed by atoms with Crippen LogP contribution in [0.1, 0.15) is 41.3 Å². The van der Waals surface area contributed by atoms with Crippen molar-refractivity contribution in [2.75, 3.05) is 13.7 Å². The summed E-state index contributed by atoms with van der Waals surface area (Å²) in [6.07, 6.45) is 0.906. The summed E-state index contributed by atoms with van der Waals surface area (Å²) in [4.78, 5) is 22.6. The molecule has 1 atom stereocenters. The summed E-state index contributed by atoms with van der Waals surface area (Å²) in [6.45, 7) is 2.02. The fourth-order valence-corrected chi connectivity index (χ4v) is 3.26. The van der Waals surface area contributed by atoms with E-state index in [1.807, 2.05) is 36.4 Å².